The van der Waals surface area contributed by atoms with Crippen LogP contribution in [0.1, 0.15) is 19.4 Å². The molecule has 0 aliphatic heterocycles. The van der Waals surface area contributed by atoms with E-state index in [4.69, 9.17) is 4.74 Å². The number of nitrogens with zero attached hydrogens (tertiary/aromatic N) is 1. The number of nitro groups is 1. The Kier molecular flexibility index (Phi) is 4.57. The van der Waals surface area contributed by atoms with E-state index in [9.17, 15) is 10.1 Å². The molecule has 0 saturated carbocycles. The maximum absolute atomic E-state index is 10.6. The van der Waals surface area contributed by atoms with Gasteiger partial charge in [-0.3, -0.25) is 10.1 Å². The molecular formula is C14H16N2O3S. The predicted molar refractivity (Wildman–Crippen MR) is 80.5 cm³/mol. The molecule has 1 heterocycles. The quantitative estimate of drug-likeness (QED) is 0.644. The molecule has 0 spiro atoms. The van der Waals surface area contributed by atoms with Crippen molar-refractivity contribution < 1.29 is 9.66 Å². The molecule has 0 radical (unpaired) electrons. The second kappa shape index (κ2) is 6.38. The smallest absolute Gasteiger partial charge is 0.324 e. The highest BCUT2D eigenvalue weighted by atomic mass is 32.1. The van der Waals surface area contributed by atoms with Crippen molar-refractivity contribution in [3.05, 3.63) is 51.4 Å². The second-order valence-corrected chi connectivity index (χ2v) is 5.46. The fraction of sp³-hybridized carbons (Fsp3) is 0.286. The van der Waals surface area contributed by atoms with Gasteiger partial charge < -0.3 is 10.1 Å². The predicted octanol–water partition coefficient (Wildman–Crippen LogP) is 4.06. The number of anilines is 1. The zero-order valence-corrected chi connectivity index (χ0v) is 12.1. The molecule has 1 N–H and O–H groups in total. The summed E-state index contributed by atoms with van der Waals surface area (Å²) in [7, 11) is 0. The van der Waals surface area contributed by atoms with Crippen LogP contribution in [0.15, 0.2) is 35.7 Å². The molecule has 0 unspecified atom stereocenters. The molecule has 0 saturated heterocycles. The summed E-state index contributed by atoms with van der Waals surface area (Å²) in [6.07, 6.45) is 0.0974. The first-order chi connectivity index (χ1) is 9.56. The first kappa shape index (κ1) is 14.3. The van der Waals surface area contributed by atoms with Crippen LogP contribution in [0.2, 0.25) is 0 Å². The summed E-state index contributed by atoms with van der Waals surface area (Å²) in [6.45, 7) is 4.47. The highest BCUT2D eigenvalue weighted by Crippen LogP contribution is 2.27. The molecule has 0 amide bonds. The number of hydrogen-bond donors (Lipinski definition) is 1. The van der Waals surface area contributed by atoms with E-state index < -0.39 is 0 Å². The zero-order valence-electron chi connectivity index (χ0n) is 11.3. The van der Waals surface area contributed by atoms with Crippen LogP contribution in [-0.2, 0) is 6.54 Å². The fourth-order valence-corrected chi connectivity index (χ4v) is 2.45. The molecule has 2 rings (SSSR count). The van der Waals surface area contributed by atoms with Gasteiger partial charge in [0.15, 0.2) is 0 Å². The van der Waals surface area contributed by atoms with Gasteiger partial charge in [-0.05, 0) is 31.5 Å². The summed E-state index contributed by atoms with van der Waals surface area (Å²) in [4.78, 5) is 10.3. The molecular weight excluding hydrogens is 276 g/mol. The minimum absolute atomic E-state index is 0.0974. The lowest BCUT2D eigenvalue weighted by Gasteiger charge is -2.15. The van der Waals surface area contributed by atoms with Gasteiger partial charge in [0.2, 0.25) is 0 Å². The molecule has 106 valence electrons. The maximum atomic E-state index is 10.6. The minimum Gasteiger partial charge on any atom is -0.489 e. The third kappa shape index (κ3) is 3.71. The molecule has 0 aliphatic rings. The molecule has 2 aromatic rings. The van der Waals surface area contributed by atoms with E-state index >= 15 is 0 Å². The molecule has 5 nitrogen and oxygen atoms in total. The molecule has 0 aliphatic carbocycles. The van der Waals surface area contributed by atoms with Crippen molar-refractivity contribution in [1.29, 1.82) is 0 Å². The Bertz CT molecular complexity index is 596. The van der Waals surface area contributed by atoms with Crippen molar-refractivity contribution in [2.45, 2.75) is 26.5 Å². The first-order valence-electron chi connectivity index (χ1n) is 6.27. The number of para-hydroxylation sites is 2. The van der Waals surface area contributed by atoms with E-state index in [1.54, 1.807) is 11.4 Å². The van der Waals surface area contributed by atoms with Gasteiger partial charge in [-0.15, -0.1) is 0 Å². The number of hydrogen-bond acceptors (Lipinski definition) is 5. The van der Waals surface area contributed by atoms with Crippen LogP contribution in [0.4, 0.5) is 10.7 Å². The van der Waals surface area contributed by atoms with E-state index in [1.165, 1.54) is 0 Å². The Balaban J connectivity index is 2.04. The largest absolute Gasteiger partial charge is 0.489 e. The van der Waals surface area contributed by atoms with Crippen molar-refractivity contribution >= 4 is 22.0 Å². The van der Waals surface area contributed by atoms with Gasteiger partial charge in [-0.25, -0.2) is 0 Å². The topological polar surface area (TPSA) is 64.4 Å². The molecule has 0 fully saturated rings. The SMILES string of the molecule is CC(C)Oc1ccccc1NCc1csc([N+](=O)[O-])c1. The van der Waals surface area contributed by atoms with E-state index in [2.05, 4.69) is 5.32 Å². The number of thiophene rings is 1. The third-order valence-corrected chi connectivity index (χ3v) is 3.48. The van der Waals surface area contributed by atoms with Crippen LogP contribution in [0.3, 0.4) is 0 Å². The number of benzene rings is 1. The van der Waals surface area contributed by atoms with Crippen LogP contribution in [-0.4, -0.2) is 11.0 Å². The lowest BCUT2D eigenvalue weighted by Crippen LogP contribution is -2.08. The zero-order chi connectivity index (χ0) is 14.5. The van der Waals surface area contributed by atoms with E-state index in [1.807, 2.05) is 38.1 Å². The summed E-state index contributed by atoms with van der Waals surface area (Å²) >= 11 is 1.14. The van der Waals surface area contributed by atoms with Crippen molar-refractivity contribution in [2.24, 2.45) is 0 Å². The summed E-state index contributed by atoms with van der Waals surface area (Å²) in [5.41, 5.74) is 1.77. The molecule has 6 heteroatoms. The van der Waals surface area contributed by atoms with Gasteiger partial charge in [-0.2, -0.15) is 0 Å². The van der Waals surface area contributed by atoms with Crippen LogP contribution in [0.25, 0.3) is 0 Å². The van der Waals surface area contributed by atoms with E-state index in [0.717, 1.165) is 28.3 Å². The number of ether oxygens (including phenoxy) is 1. The molecule has 20 heavy (non-hydrogen) atoms. The highest BCUT2D eigenvalue weighted by Gasteiger charge is 2.10. The molecule has 1 aromatic carbocycles. The van der Waals surface area contributed by atoms with Crippen molar-refractivity contribution in [1.82, 2.24) is 0 Å². The fourth-order valence-electron chi connectivity index (χ4n) is 1.72. The average Bonchev–Trinajstić information content (AvgIpc) is 2.86. The van der Waals surface area contributed by atoms with Crippen LogP contribution in [0.5, 0.6) is 5.75 Å². The van der Waals surface area contributed by atoms with Gasteiger partial charge in [0.1, 0.15) is 5.75 Å². The molecule has 0 atom stereocenters. The van der Waals surface area contributed by atoms with Gasteiger partial charge in [0, 0.05) is 18.0 Å². The Labute approximate surface area is 121 Å². The highest BCUT2D eigenvalue weighted by molar-refractivity contribution is 7.13. The van der Waals surface area contributed by atoms with Crippen LogP contribution >= 0.6 is 11.3 Å². The average molecular weight is 292 g/mol. The van der Waals surface area contributed by atoms with E-state index in [0.29, 0.717) is 6.54 Å². The third-order valence-electron chi connectivity index (χ3n) is 2.55. The Morgan fingerprint density at radius 2 is 2.15 bits per heavy atom. The maximum Gasteiger partial charge on any atom is 0.324 e. The number of nitrogens with one attached hydrogen (secondary N) is 1. The summed E-state index contributed by atoms with van der Waals surface area (Å²) < 4.78 is 5.71. The van der Waals surface area contributed by atoms with Crippen molar-refractivity contribution in [3.63, 3.8) is 0 Å². The molecule has 0 bridgehead atoms. The van der Waals surface area contributed by atoms with Gasteiger partial charge in [-0.1, -0.05) is 23.5 Å². The molecule has 1 aromatic heterocycles. The Hall–Kier alpha value is -2.08. The lowest BCUT2D eigenvalue weighted by molar-refractivity contribution is -0.380. The normalized spacial score (nSPS) is 10.6. The Morgan fingerprint density at radius 1 is 1.40 bits per heavy atom. The van der Waals surface area contributed by atoms with Gasteiger partial charge in [0.25, 0.3) is 0 Å². The van der Waals surface area contributed by atoms with Crippen molar-refractivity contribution in [3.8, 4) is 5.75 Å². The second-order valence-electron chi connectivity index (χ2n) is 4.57. The lowest BCUT2D eigenvalue weighted by atomic mass is 10.2. The van der Waals surface area contributed by atoms with Gasteiger partial charge >= 0.3 is 5.00 Å². The summed E-state index contributed by atoms with van der Waals surface area (Å²) in [6, 6.07) is 9.25. The Morgan fingerprint density at radius 3 is 2.80 bits per heavy atom. The van der Waals surface area contributed by atoms with Crippen LogP contribution in [0, 0.1) is 10.1 Å². The summed E-state index contributed by atoms with van der Waals surface area (Å²) in [5, 5.41) is 15.8. The van der Waals surface area contributed by atoms with Crippen molar-refractivity contribution in [2.75, 3.05) is 5.32 Å². The van der Waals surface area contributed by atoms with Gasteiger partial charge in [0.05, 0.1) is 16.7 Å². The minimum atomic E-state index is -0.371. The van der Waals surface area contributed by atoms with E-state index in [-0.39, 0.29) is 16.0 Å². The monoisotopic (exact) mass is 292 g/mol. The first-order valence-corrected chi connectivity index (χ1v) is 7.15. The summed E-state index contributed by atoms with van der Waals surface area (Å²) in [5.74, 6) is 0.784. The number of rotatable bonds is 6. The standard InChI is InChI=1S/C14H16N2O3S/c1-10(2)19-13-6-4-3-5-12(13)15-8-11-7-14(16(17)18)20-9-11/h3-7,9-10,15H,8H2,1-2H3. The van der Waals surface area contributed by atoms with Crippen LogP contribution < -0.4 is 10.1 Å².